The van der Waals surface area contributed by atoms with Crippen LogP contribution in [0.4, 0.5) is 5.69 Å². The van der Waals surface area contributed by atoms with Gasteiger partial charge in [0, 0.05) is 22.2 Å². The summed E-state index contributed by atoms with van der Waals surface area (Å²) in [7, 11) is -10.9. The van der Waals surface area contributed by atoms with Crippen LogP contribution in [0.2, 0.25) is 5.02 Å². The predicted molar refractivity (Wildman–Crippen MR) is 177 cm³/mol. The summed E-state index contributed by atoms with van der Waals surface area (Å²) < 4.78 is 53.2. The van der Waals surface area contributed by atoms with Crippen molar-refractivity contribution in [1.29, 1.82) is 0 Å². The average molecular weight is 806 g/mol. The number of imidazole rings is 1. The number of halogens is 1. The molecule has 0 bridgehead atoms. The molecule has 10 N–H and O–H groups in total. The number of hydrogen-bond donors (Lipinski definition) is 8. The minimum Gasteiger partial charge on any atom is -0.397 e. The van der Waals surface area contributed by atoms with Crippen molar-refractivity contribution < 1.29 is 71.5 Å². The molecule has 5 unspecified atom stereocenters. The molecule has 0 spiro atoms. The Kier molecular flexibility index (Phi) is 11.4. The quantitative estimate of drug-likeness (QED) is 0.0669. The SMILES string of the molecule is NC(=O)c1ccc[n+]([C@@H]2O[C@H](COP(=O)(O)OP(=O)(O)OC[C@H]3O[C@@H](n4c(Sc5ccc(Cl)cc5)nc5c(N)ccnc54)C(O)[C@H]3O)C(O)C2O)c1. The molecular formula is C28H32ClN6O14P2S+. The Hall–Kier alpha value is -3.08. The van der Waals surface area contributed by atoms with Crippen molar-refractivity contribution in [3.05, 3.63) is 71.6 Å². The first kappa shape index (κ1) is 38.6. The zero-order chi connectivity index (χ0) is 37.5. The van der Waals surface area contributed by atoms with Crippen LogP contribution in [0.25, 0.3) is 11.2 Å². The fraction of sp³-hybridized carbons (Fsp3) is 0.357. The van der Waals surface area contributed by atoms with E-state index in [1.54, 1.807) is 24.3 Å². The van der Waals surface area contributed by atoms with Gasteiger partial charge in [-0.3, -0.25) is 18.4 Å². The fourth-order valence-corrected chi connectivity index (χ4v) is 8.53. The van der Waals surface area contributed by atoms with Gasteiger partial charge in [-0.25, -0.2) is 19.1 Å². The number of aliphatic hydroxyl groups excluding tert-OH is 4. The number of benzene rings is 1. The Morgan fingerprint density at radius 3 is 2.25 bits per heavy atom. The first-order chi connectivity index (χ1) is 24.5. The molecule has 2 fully saturated rings. The molecule has 52 heavy (non-hydrogen) atoms. The van der Waals surface area contributed by atoms with Crippen molar-refractivity contribution in [1.82, 2.24) is 14.5 Å². The lowest BCUT2D eigenvalue weighted by Crippen LogP contribution is -2.46. The first-order valence-electron chi connectivity index (χ1n) is 15.1. The average Bonchev–Trinajstić information content (AvgIpc) is 3.70. The van der Waals surface area contributed by atoms with Crippen LogP contribution in [0.15, 0.2) is 71.1 Å². The number of aromatic nitrogens is 4. The molecular weight excluding hydrogens is 774 g/mol. The van der Waals surface area contributed by atoms with Gasteiger partial charge in [-0.15, -0.1) is 0 Å². The summed E-state index contributed by atoms with van der Waals surface area (Å²) in [6, 6.07) is 11.1. The molecule has 1 aromatic carbocycles. The van der Waals surface area contributed by atoms with E-state index in [-0.39, 0.29) is 27.6 Å². The van der Waals surface area contributed by atoms with Crippen molar-refractivity contribution in [2.24, 2.45) is 5.73 Å². The molecule has 10 atom stereocenters. The monoisotopic (exact) mass is 805 g/mol. The van der Waals surface area contributed by atoms with E-state index in [4.69, 9.17) is 41.6 Å². The molecule has 2 aliphatic heterocycles. The van der Waals surface area contributed by atoms with Crippen LogP contribution in [-0.4, -0.2) is 100 Å². The summed E-state index contributed by atoms with van der Waals surface area (Å²) in [5.74, 6) is -0.769. The predicted octanol–water partition coefficient (Wildman–Crippen LogP) is 0.394. The van der Waals surface area contributed by atoms with E-state index in [2.05, 4.69) is 14.3 Å². The van der Waals surface area contributed by atoms with Crippen LogP contribution in [0.5, 0.6) is 0 Å². The molecule has 6 rings (SSSR count). The number of rotatable bonds is 13. The smallest absolute Gasteiger partial charge is 0.397 e. The maximum Gasteiger partial charge on any atom is 0.481 e. The molecule has 24 heteroatoms. The number of phosphoric ester groups is 2. The summed E-state index contributed by atoms with van der Waals surface area (Å²) in [6.07, 6.45) is -8.13. The topological polar surface area (TPSA) is 305 Å². The highest BCUT2D eigenvalue weighted by Gasteiger charge is 2.50. The molecule has 2 saturated heterocycles. The number of nitrogen functional groups attached to an aromatic ring is 1. The van der Waals surface area contributed by atoms with E-state index in [0.29, 0.717) is 9.92 Å². The number of primary amides is 1. The third-order valence-electron chi connectivity index (χ3n) is 7.94. The molecule has 4 aromatic rings. The Balaban J connectivity index is 1.09. The molecule has 0 radical (unpaired) electrons. The van der Waals surface area contributed by atoms with Gasteiger partial charge in [-0.2, -0.15) is 8.88 Å². The highest BCUT2D eigenvalue weighted by atomic mass is 35.5. The van der Waals surface area contributed by atoms with Crippen LogP contribution in [0.1, 0.15) is 22.8 Å². The highest BCUT2D eigenvalue weighted by molar-refractivity contribution is 7.99. The second-order valence-corrected chi connectivity index (χ2v) is 16.0. The minimum atomic E-state index is -5.44. The van der Waals surface area contributed by atoms with Crippen molar-refractivity contribution in [2.45, 2.75) is 59.1 Å². The molecule has 2 aliphatic rings. The van der Waals surface area contributed by atoms with Gasteiger partial charge in [-0.1, -0.05) is 23.4 Å². The maximum atomic E-state index is 12.7. The lowest BCUT2D eigenvalue weighted by molar-refractivity contribution is -0.765. The second kappa shape index (κ2) is 15.3. The van der Waals surface area contributed by atoms with Crippen molar-refractivity contribution in [3.63, 3.8) is 0 Å². The van der Waals surface area contributed by atoms with Crippen LogP contribution in [-0.2, 0) is 32.0 Å². The molecule has 5 heterocycles. The van der Waals surface area contributed by atoms with Crippen molar-refractivity contribution in [3.8, 4) is 0 Å². The van der Waals surface area contributed by atoms with Gasteiger partial charge in [0.05, 0.1) is 18.9 Å². The van der Waals surface area contributed by atoms with E-state index >= 15 is 0 Å². The van der Waals surface area contributed by atoms with E-state index in [0.717, 1.165) is 11.8 Å². The molecule has 1 amide bonds. The summed E-state index contributed by atoms with van der Waals surface area (Å²) >= 11 is 7.15. The number of pyridine rings is 2. The standard InChI is InChI=1S/C28H31ClN6O14P2S/c29-14-3-5-15(6-4-14)52-28-33-19-16(30)7-8-32-25(19)35(28)27-23(39)21(37)18(48-27)12-46-51(43,44)49-50(41,42)45-11-17-20(36)22(38)26(47-17)34-9-1-2-13(10-34)24(31)40/h1-10,17-18,20-23,26-27,36-39H,11-12H2,(H5-,30,31,32,40,41,42,43,44)/p+1/t17-,18-,20?,21+,22?,23?,26-,27-/m1/s1. The van der Waals surface area contributed by atoms with Gasteiger partial charge in [0.2, 0.25) is 0 Å². The van der Waals surface area contributed by atoms with Gasteiger partial charge in [0.15, 0.2) is 35.5 Å². The zero-order valence-corrected chi connectivity index (χ0v) is 29.7. The Morgan fingerprint density at radius 1 is 0.962 bits per heavy atom. The molecule has 280 valence electrons. The Labute approximate surface area is 302 Å². The fourth-order valence-electron chi connectivity index (χ4n) is 5.40. The number of ether oxygens (including phenoxy) is 2. The molecule has 0 saturated carbocycles. The lowest BCUT2D eigenvalue weighted by atomic mass is 10.1. The molecule has 0 aliphatic carbocycles. The van der Waals surface area contributed by atoms with E-state index in [1.165, 1.54) is 45.9 Å². The van der Waals surface area contributed by atoms with Crippen LogP contribution in [0.3, 0.4) is 0 Å². The Bertz CT molecular complexity index is 2050. The summed E-state index contributed by atoms with van der Waals surface area (Å²) in [5, 5.41) is 43.5. The third kappa shape index (κ3) is 8.34. The summed E-state index contributed by atoms with van der Waals surface area (Å²) in [4.78, 5) is 41.5. The van der Waals surface area contributed by atoms with Gasteiger partial charge >= 0.3 is 15.6 Å². The van der Waals surface area contributed by atoms with E-state index in [9.17, 15) is 44.1 Å². The number of carbonyl (C=O) groups is 1. The van der Waals surface area contributed by atoms with E-state index in [1.807, 2.05) is 0 Å². The number of phosphoric acid groups is 2. The number of amides is 1. The normalized spacial score (nSPS) is 28.5. The van der Waals surface area contributed by atoms with E-state index < -0.39 is 83.8 Å². The van der Waals surface area contributed by atoms with Crippen molar-refractivity contribution in [2.75, 3.05) is 18.9 Å². The Morgan fingerprint density at radius 2 is 1.60 bits per heavy atom. The maximum absolute atomic E-state index is 12.7. The van der Waals surface area contributed by atoms with Gasteiger partial charge < -0.3 is 51.2 Å². The number of nitrogens with zero attached hydrogens (tertiary/aromatic N) is 4. The number of anilines is 1. The summed E-state index contributed by atoms with van der Waals surface area (Å²) in [6.45, 7) is -1.84. The number of aliphatic hydroxyl groups is 4. The number of fused-ring (bicyclic) bond motifs is 1. The van der Waals surface area contributed by atoms with Gasteiger partial charge in [0.25, 0.3) is 12.1 Å². The zero-order valence-electron chi connectivity index (χ0n) is 26.4. The first-order valence-corrected chi connectivity index (χ1v) is 19.3. The number of carbonyl (C=O) groups excluding carboxylic acids is 1. The van der Waals surface area contributed by atoms with Crippen molar-refractivity contribution >= 4 is 61.8 Å². The third-order valence-corrected chi connectivity index (χ3v) is 11.8. The second-order valence-electron chi connectivity index (χ2n) is 11.5. The largest absolute Gasteiger partial charge is 0.481 e. The van der Waals surface area contributed by atoms with Gasteiger partial charge in [0.1, 0.15) is 41.6 Å². The van der Waals surface area contributed by atoms with Crippen LogP contribution in [0, 0.1) is 0 Å². The number of hydrogen-bond acceptors (Lipinski definition) is 16. The van der Waals surface area contributed by atoms with Crippen LogP contribution < -0.4 is 16.0 Å². The minimum absolute atomic E-state index is 0.0651. The van der Waals surface area contributed by atoms with Gasteiger partial charge in [-0.05, 0) is 36.4 Å². The molecule has 20 nitrogen and oxygen atoms in total. The summed E-state index contributed by atoms with van der Waals surface area (Å²) in [5.41, 5.74) is 12.2. The number of nitrogens with two attached hydrogens (primary N) is 2. The highest BCUT2D eigenvalue weighted by Crippen LogP contribution is 2.61. The molecule has 3 aromatic heterocycles. The van der Waals surface area contributed by atoms with Crippen LogP contribution >= 0.6 is 39.0 Å². The lowest BCUT2D eigenvalue weighted by Gasteiger charge is -2.20.